The van der Waals surface area contributed by atoms with Gasteiger partial charge in [0.05, 0.1) is 29.4 Å². The lowest BCUT2D eigenvalue weighted by Gasteiger charge is -2.24. The van der Waals surface area contributed by atoms with Gasteiger partial charge in [-0.1, -0.05) is 6.07 Å². The van der Waals surface area contributed by atoms with Gasteiger partial charge in [0.1, 0.15) is 5.69 Å². The molecule has 0 N–H and O–H groups in total. The third-order valence-corrected chi connectivity index (χ3v) is 4.13. The molecule has 134 valence electrons. The normalized spacial score (nSPS) is 11.0. The average molecular weight is 354 g/mol. The number of methoxy groups -OCH3 is 1. The number of hydrogen-bond acceptors (Lipinski definition) is 6. The summed E-state index contributed by atoms with van der Waals surface area (Å²) in [6.45, 7) is 4.03. The van der Waals surface area contributed by atoms with Crippen LogP contribution < -0.4 is 4.90 Å². The van der Waals surface area contributed by atoms with Gasteiger partial charge in [0.15, 0.2) is 5.82 Å². The van der Waals surface area contributed by atoms with Gasteiger partial charge in [-0.05, 0) is 44.2 Å². The molecular formula is C19H19FN4O2. The van der Waals surface area contributed by atoms with Gasteiger partial charge >= 0.3 is 5.97 Å². The molecule has 0 aliphatic rings. The third-order valence-electron chi connectivity index (χ3n) is 4.13. The van der Waals surface area contributed by atoms with E-state index in [0.717, 1.165) is 0 Å². The molecule has 6 nitrogen and oxygen atoms in total. The zero-order chi connectivity index (χ0) is 18.8. The number of fused-ring (bicyclic) bond motifs is 1. The Morgan fingerprint density at radius 1 is 1.12 bits per heavy atom. The van der Waals surface area contributed by atoms with Crippen LogP contribution in [0, 0.1) is 5.95 Å². The van der Waals surface area contributed by atoms with E-state index < -0.39 is 11.9 Å². The first-order chi connectivity index (χ1) is 12.4. The Labute approximate surface area is 150 Å². The Balaban J connectivity index is 2.25. The average Bonchev–Trinajstić information content (AvgIpc) is 2.65. The van der Waals surface area contributed by atoms with Crippen LogP contribution >= 0.6 is 0 Å². The van der Waals surface area contributed by atoms with Crippen LogP contribution in [0.15, 0.2) is 36.4 Å². The highest BCUT2D eigenvalue weighted by molar-refractivity contribution is 5.94. The summed E-state index contributed by atoms with van der Waals surface area (Å²) in [6, 6.07) is 9.65. The van der Waals surface area contributed by atoms with Crippen molar-refractivity contribution in [2.45, 2.75) is 19.9 Å². The number of rotatable bonds is 4. The number of anilines is 1. The maximum atomic E-state index is 13.6. The predicted octanol–water partition coefficient (Wildman–Crippen LogP) is 3.46. The fourth-order valence-electron chi connectivity index (χ4n) is 2.49. The zero-order valence-electron chi connectivity index (χ0n) is 15.0. The predicted molar refractivity (Wildman–Crippen MR) is 97.6 cm³/mol. The van der Waals surface area contributed by atoms with Crippen molar-refractivity contribution in [2.24, 2.45) is 0 Å². The molecule has 0 saturated carbocycles. The molecule has 3 aromatic rings. The lowest BCUT2D eigenvalue weighted by atomic mass is 10.1. The largest absolute Gasteiger partial charge is 0.465 e. The first kappa shape index (κ1) is 17.7. The number of nitrogens with zero attached hydrogens (tertiary/aromatic N) is 4. The Morgan fingerprint density at radius 3 is 2.54 bits per heavy atom. The molecule has 3 rings (SSSR count). The second-order valence-electron chi connectivity index (χ2n) is 6.14. The number of pyridine rings is 1. The standard InChI is InChI=1S/C19H19FN4O2/c1-11(2)24(3)18-17(14-6-5-7-16(20)21-14)22-13-9-8-12(19(25)26-4)10-15(13)23-18/h5-11H,1-4H3. The van der Waals surface area contributed by atoms with Gasteiger partial charge in [0, 0.05) is 13.1 Å². The van der Waals surface area contributed by atoms with E-state index in [1.807, 2.05) is 25.8 Å². The van der Waals surface area contributed by atoms with Gasteiger partial charge < -0.3 is 9.64 Å². The molecule has 0 atom stereocenters. The van der Waals surface area contributed by atoms with E-state index in [9.17, 15) is 9.18 Å². The minimum atomic E-state index is -0.580. The number of ether oxygens (including phenoxy) is 1. The molecule has 2 aromatic heterocycles. The van der Waals surface area contributed by atoms with Crippen LogP contribution in [-0.2, 0) is 4.74 Å². The van der Waals surface area contributed by atoms with E-state index in [2.05, 4.69) is 15.0 Å². The summed E-state index contributed by atoms with van der Waals surface area (Å²) in [5.41, 5.74) is 2.41. The van der Waals surface area contributed by atoms with Gasteiger partial charge in [-0.3, -0.25) is 0 Å². The van der Waals surface area contributed by atoms with Crippen molar-refractivity contribution >= 4 is 22.8 Å². The topological polar surface area (TPSA) is 68.2 Å². The lowest BCUT2D eigenvalue weighted by Crippen LogP contribution is -2.27. The summed E-state index contributed by atoms with van der Waals surface area (Å²) in [7, 11) is 3.21. The minimum Gasteiger partial charge on any atom is -0.465 e. The summed E-state index contributed by atoms with van der Waals surface area (Å²) in [4.78, 5) is 27.0. The SMILES string of the molecule is COC(=O)c1ccc2nc(-c3cccc(F)n3)c(N(C)C(C)C)nc2c1. The number of esters is 1. The maximum Gasteiger partial charge on any atom is 0.337 e. The molecule has 0 aliphatic heterocycles. The molecule has 0 spiro atoms. The number of carbonyl (C=O) groups is 1. The van der Waals surface area contributed by atoms with Crippen LogP contribution in [0.4, 0.5) is 10.2 Å². The summed E-state index contributed by atoms with van der Waals surface area (Å²) >= 11 is 0. The second-order valence-corrected chi connectivity index (χ2v) is 6.14. The smallest absolute Gasteiger partial charge is 0.337 e. The molecule has 0 radical (unpaired) electrons. The highest BCUT2D eigenvalue weighted by Gasteiger charge is 2.19. The van der Waals surface area contributed by atoms with Gasteiger partial charge in [-0.25, -0.2) is 19.7 Å². The quantitative estimate of drug-likeness (QED) is 0.528. The van der Waals surface area contributed by atoms with Crippen LogP contribution in [0.5, 0.6) is 0 Å². The van der Waals surface area contributed by atoms with Gasteiger partial charge in [0.25, 0.3) is 0 Å². The summed E-state index contributed by atoms with van der Waals surface area (Å²) < 4.78 is 18.4. The first-order valence-electron chi connectivity index (χ1n) is 8.16. The Hall–Kier alpha value is -3.09. The van der Waals surface area contributed by atoms with Crippen molar-refractivity contribution in [3.8, 4) is 11.4 Å². The lowest BCUT2D eigenvalue weighted by molar-refractivity contribution is 0.0601. The van der Waals surface area contributed by atoms with Crippen molar-refractivity contribution in [1.82, 2.24) is 15.0 Å². The summed E-state index contributed by atoms with van der Waals surface area (Å²) in [5.74, 6) is -0.459. The van der Waals surface area contributed by atoms with Gasteiger partial charge in [-0.2, -0.15) is 4.39 Å². The number of halogens is 1. The van der Waals surface area contributed by atoms with Crippen LogP contribution in [0.2, 0.25) is 0 Å². The minimum absolute atomic E-state index is 0.137. The molecule has 26 heavy (non-hydrogen) atoms. The molecule has 0 amide bonds. The first-order valence-corrected chi connectivity index (χ1v) is 8.16. The molecule has 0 saturated heterocycles. The van der Waals surface area contributed by atoms with Crippen molar-refractivity contribution in [2.75, 3.05) is 19.1 Å². The number of aromatic nitrogens is 3. The van der Waals surface area contributed by atoms with E-state index in [1.54, 1.807) is 30.3 Å². The van der Waals surface area contributed by atoms with Crippen LogP contribution in [-0.4, -0.2) is 41.1 Å². The number of hydrogen-bond donors (Lipinski definition) is 0. The van der Waals surface area contributed by atoms with Gasteiger partial charge in [-0.15, -0.1) is 0 Å². The summed E-state index contributed by atoms with van der Waals surface area (Å²) in [6.07, 6.45) is 0. The van der Waals surface area contributed by atoms with Crippen molar-refractivity contribution in [3.63, 3.8) is 0 Å². The van der Waals surface area contributed by atoms with Crippen molar-refractivity contribution < 1.29 is 13.9 Å². The van der Waals surface area contributed by atoms with Crippen molar-refractivity contribution in [1.29, 1.82) is 0 Å². The number of benzene rings is 1. The van der Waals surface area contributed by atoms with Crippen LogP contribution in [0.3, 0.4) is 0 Å². The fraction of sp³-hybridized carbons (Fsp3) is 0.263. The molecule has 0 bridgehead atoms. The van der Waals surface area contributed by atoms with E-state index in [0.29, 0.717) is 33.8 Å². The Morgan fingerprint density at radius 2 is 1.88 bits per heavy atom. The highest BCUT2D eigenvalue weighted by atomic mass is 19.1. The summed E-state index contributed by atoms with van der Waals surface area (Å²) in [5, 5.41) is 0. The number of carbonyl (C=O) groups excluding carboxylic acids is 1. The van der Waals surface area contributed by atoms with E-state index in [1.165, 1.54) is 13.2 Å². The Kier molecular flexibility index (Phi) is 4.79. The highest BCUT2D eigenvalue weighted by Crippen LogP contribution is 2.29. The maximum absolute atomic E-state index is 13.6. The van der Waals surface area contributed by atoms with E-state index in [4.69, 9.17) is 4.74 Å². The van der Waals surface area contributed by atoms with Crippen LogP contribution in [0.25, 0.3) is 22.4 Å². The molecule has 2 heterocycles. The fourth-order valence-corrected chi connectivity index (χ4v) is 2.49. The monoisotopic (exact) mass is 354 g/mol. The molecule has 0 unspecified atom stereocenters. The van der Waals surface area contributed by atoms with E-state index >= 15 is 0 Å². The van der Waals surface area contributed by atoms with Crippen LogP contribution in [0.1, 0.15) is 24.2 Å². The third kappa shape index (κ3) is 3.33. The van der Waals surface area contributed by atoms with Crippen molar-refractivity contribution in [3.05, 3.63) is 47.9 Å². The molecule has 0 aliphatic carbocycles. The molecule has 7 heteroatoms. The second kappa shape index (κ2) is 7.03. The molecular weight excluding hydrogens is 335 g/mol. The Bertz CT molecular complexity index is 975. The molecule has 1 aromatic carbocycles. The molecule has 0 fully saturated rings. The van der Waals surface area contributed by atoms with Gasteiger partial charge in [0.2, 0.25) is 5.95 Å². The van der Waals surface area contributed by atoms with E-state index in [-0.39, 0.29) is 6.04 Å². The zero-order valence-corrected chi connectivity index (χ0v) is 15.0.